The van der Waals surface area contributed by atoms with E-state index in [4.69, 9.17) is 9.47 Å². The van der Waals surface area contributed by atoms with E-state index in [1.165, 1.54) is 12.1 Å². The van der Waals surface area contributed by atoms with Gasteiger partial charge in [0.15, 0.2) is 6.61 Å². The Morgan fingerprint density at radius 2 is 1.60 bits per heavy atom. The number of carbonyl (C=O) groups is 2. The zero-order valence-corrected chi connectivity index (χ0v) is 19.3. The van der Waals surface area contributed by atoms with Gasteiger partial charge in [0.1, 0.15) is 5.75 Å². The van der Waals surface area contributed by atoms with Crippen LogP contribution in [0.5, 0.6) is 5.75 Å². The second-order valence-electron chi connectivity index (χ2n) is 7.80. The molecule has 0 bridgehead atoms. The quantitative estimate of drug-likeness (QED) is 0.471. The number of ether oxygens (including phenoxy) is 2. The molecule has 0 saturated heterocycles. The molecular weight excluding hydrogens is 408 g/mol. The molecule has 0 saturated carbocycles. The van der Waals surface area contributed by atoms with Crippen molar-refractivity contribution >= 4 is 21.9 Å². The van der Waals surface area contributed by atoms with Crippen LogP contribution in [0.3, 0.4) is 0 Å². The molecule has 1 N–H and O–H groups in total. The lowest BCUT2D eigenvalue weighted by Gasteiger charge is -2.26. The van der Waals surface area contributed by atoms with Gasteiger partial charge in [-0.25, -0.2) is 13.1 Å². The molecule has 0 aliphatic heterocycles. The summed E-state index contributed by atoms with van der Waals surface area (Å²) < 4.78 is 37.2. The Hall–Kier alpha value is -2.13. The maximum Gasteiger partial charge on any atom is 0.307 e. The average Bonchev–Trinajstić information content (AvgIpc) is 2.65. The van der Waals surface area contributed by atoms with E-state index in [0.29, 0.717) is 37.3 Å². The number of nitrogens with one attached hydrogen (secondary N) is 1. The van der Waals surface area contributed by atoms with Crippen molar-refractivity contribution in [3.63, 3.8) is 0 Å². The lowest BCUT2D eigenvalue weighted by molar-refractivity contribution is -0.152. The van der Waals surface area contributed by atoms with Crippen molar-refractivity contribution in [2.45, 2.75) is 45.9 Å². The number of esters is 1. The molecule has 9 heteroatoms. The fourth-order valence-electron chi connectivity index (χ4n) is 2.72. The van der Waals surface area contributed by atoms with Crippen molar-refractivity contribution in [2.24, 2.45) is 11.8 Å². The Morgan fingerprint density at radius 3 is 2.10 bits per heavy atom. The zero-order valence-electron chi connectivity index (χ0n) is 18.5. The van der Waals surface area contributed by atoms with Gasteiger partial charge in [-0.2, -0.15) is 0 Å². The third-order valence-corrected chi connectivity index (χ3v) is 5.42. The van der Waals surface area contributed by atoms with Gasteiger partial charge in [0.2, 0.25) is 10.0 Å². The SMILES string of the molecule is CCOc1ccc(S(=O)(=O)NCCC(=O)OCC(=O)N(CC(C)C)CC(C)C)cc1. The summed E-state index contributed by atoms with van der Waals surface area (Å²) in [5.41, 5.74) is 0. The molecule has 0 heterocycles. The molecule has 170 valence electrons. The van der Waals surface area contributed by atoms with Crippen LogP contribution in [0.1, 0.15) is 41.0 Å². The van der Waals surface area contributed by atoms with Crippen molar-refractivity contribution in [1.82, 2.24) is 9.62 Å². The summed E-state index contributed by atoms with van der Waals surface area (Å²) in [6, 6.07) is 6.00. The van der Waals surface area contributed by atoms with E-state index < -0.39 is 16.0 Å². The van der Waals surface area contributed by atoms with Gasteiger partial charge >= 0.3 is 5.97 Å². The lowest BCUT2D eigenvalue weighted by Crippen LogP contribution is -2.39. The van der Waals surface area contributed by atoms with Crippen LogP contribution in [-0.4, -0.2) is 58.0 Å². The van der Waals surface area contributed by atoms with Gasteiger partial charge in [-0.15, -0.1) is 0 Å². The Bertz CT molecular complexity index is 765. The molecule has 1 aromatic rings. The van der Waals surface area contributed by atoms with E-state index in [1.807, 2.05) is 34.6 Å². The van der Waals surface area contributed by atoms with Gasteiger partial charge in [0.25, 0.3) is 5.91 Å². The van der Waals surface area contributed by atoms with E-state index >= 15 is 0 Å². The van der Waals surface area contributed by atoms with Gasteiger partial charge < -0.3 is 14.4 Å². The number of rotatable bonds is 13. The molecule has 0 atom stereocenters. The van der Waals surface area contributed by atoms with E-state index in [1.54, 1.807) is 17.0 Å². The second-order valence-corrected chi connectivity index (χ2v) is 9.57. The molecule has 0 radical (unpaired) electrons. The maximum atomic E-state index is 12.3. The summed E-state index contributed by atoms with van der Waals surface area (Å²) in [4.78, 5) is 26.0. The summed E-state index contributed by atoms with van der Waals surface area (Å²) in [5.74, 6) is 0.307. The van der Waals surface area contributed by atoms with Crippen LogP contribution in [-0.2, 0) is 24.3 Å². The minimum absolute atomic E-state index is 0.0764. The van der Waals surface area contributed by atoms with Gasteiger partial charge in [-0.1, -0.05) is 27.7 Å². The van der Waals surface area contributed by atoms with Crippen molar-refractivity contribution < 1.29 is 27.5 Å². The van der Waals surface area contributed by atoms with Crippen LogP contribution in [0.4, 0.5) is 0 Å². The van der Waals surface area contributed by atoms with Crippen molar-refractivity contribution in [3.05, 3.63) is 24.3 Å². The Kier molecular flexibility index (Phi) is 10.8. The molecule has 8 nitrogen and oxygen atoms in total. The van der Waals surface area contributed by atoms with Crippen LogP contribution < -0.4 is 9.46 Å². The monoisotopic (exact) mass is 442 g/mol. The van der Waals surface area contributed by atoms with Gasteiger partial charge in [0.05, 0.1) is 17.9 Å². The minimum Gasteiger partial charge on any atom is -0.494 e. The molecular formula is C21H34N2O6S. The van der Waals surface area contributed by atoms with Crippen LogP contribution >= 0.6 is 0 Å². The second kappa shape index (κ2) is 12.5. The van der Waals surface area contributed by atoms with E-state index in [9.17, 15) is 18.0 Å². The maximum absolute atomic E-state index is 12.3. The fraction of sp³-hybridized carbons (Fsp3) is 0.619. The van der Waals surface area contributed by atoms with Crippen LogP contribution in [0.25, 0.3) is 0 Å². The number of hydrogen-bond donors (Lipinski definition) is 1. The Morgan fingerprint density at radius 1 is 1.03 bits per heavy atom. The lowest BCUT2D eigenvalue weighted by atomic mass is 10.1. The largest absolute Gasteiger partial charge is 0.494 e. The summed E-state index contributed by atoms with van der Waals surface area (Å²) in [5, 5.41) is 0. The van der Waals surface area contributed by atoms with E-state index in [0.717, 1.165) is 0 Å². The number of benzene rings is 1. The average molecular weight is 443 g/mol. The summed E-state index contributed by atoms with van der Waals surface area (Å²) >= 11 is 0. The third kappa shape index (κ3) is 9.58. The first kappa shape index (κ1) is 25.9. The summed E-state index contributed by atoms with van der Waals surface area (Å²) in [6.07, 6.45) is -0.169. The molecule has 0 fully saturated rings. The molecule has 0 unspecified atom stereocenters. The molecule has 1 amide bonds. The Labute approximate surface area is 180 Å². The zero-order chi connectivity index (χ0) is 22.7. The molecule has 1 aromatic carbocycles. The van der Waals surface area contributed by atoms with Gasteiger partial charge in [0, 0.05) is 19.6 Å². The van der Waals surface area contributed by atoms with E-state index in [-0.39, 0.29) is 30.4 Å². The predicted octanol–water partition coefficient (Wildman–Crippen LogP) is 2.44. The van der Waals surface area contributed by atoms with Crippen molar-refractivity contribution in [1.29, 1.82) is 0 Å². The standard InChI is InChI=1S/C21H34N2O6S/c1-6-28-18-7-9-19(10-8-18)30(26,27)22-12-11-21(25)29-15-20(24)23(13-16(2)3)14-17(4)5/h7-10,16-17,22H,6,11-15H2,1-5H3. The first-order valence-electron chi connectivity index (χ1n) is 10.2. The van der Waals surface area contributed by atoms with Crippen molar-refractivity contribution in [2.75, 3.05) is 32.8 Å². The van der Waals surface area contributed by atoms with Crippen LogP contribution in [0.2, 0.25) is 0 Å². The first-order valence-corrected chi connectivity index (χ1v) is 11.7. The molecule has 30 heavy (non-hydrogen) atoms. The van der Waals surface area contributed by atoms with Crippen LogP contribution in [0.15, 0.2) is 29.2 Å². The third-order valence-electron chi connectivity index (χ3n) is 3.95. The molecule has 0 aliphatic carbocycles. The summed E-state index contributed by atoms with van der Waals surface area (Å²) in [6.45, 7) is 11.1. The number of nitrogens with zero attached hydrogens (tertiary/aromatic N) is 1. The van der Waals surface area contributed by atoms with Gasteiger partial charge in [-0.05, 0) is 43.0 Å². The highest BCUT2D eigenvalue weighted by atomic mass is 32.2. The topological polar surface area (TPSA) is 102 Å². The minimum atomic E-state index is -3.75. The number of amides is 1. The molecule has 0 aromatic heterocycles. The van der Waals surface area contributed by atoms with E-state index in [2.05, 4.69) is 4.72 Å². The molecule has 0 aliphatic rings. The van der Waals surface area contributed by atoms with Crippen LogP contribution in [0, 0.1) is 11.8 Å². The highest BCUT2D eigenvalue weighted by Gasteiger charge is 2.19. The summed E-state index contributed by atoms with van der Waals surface area (Å²) in [7, 11) is -3.75. The highest BCUT2D eigenvalue weighted by molar-refractivity contribution is 7.89. The smallest absolute Gasteiger partial charge is 0.307 e. The number of sulfonamides is 1. The van der Waals surface area contributed by atoms with Gasteiger partial charge in [-0.3, -0.25) is 9.59 Å². The number of hydrogen-bond acceptors (Lipinski definition) is 6. The normalized spacial score (nSPS) is 11.6. The predicted molar refractivity (Wildman–Crippen MR) is 115 cm³/mol. The molecule has 1 rings (SSSR count). The highest BCUT2D eigenvalue weighted by Crippen LogP contribution is 2.15. The number of carbonyl (C=O) groups excluding carboxylic acids is 2. The molecule has 0 spiro atoms. The Balaban J connectivity index is 2.47. The first-order chi connectivity index (χ1) is 14.0. The van der Waals surface area contributed by atoms with Crippen molar-refractivity contribution in [3.8, 4) is 5.75 Å². The fourth-order valence-corrected chi connectivity index (χ4v) is 3.75.